The van der Waals surface area contributed by atoms with E-state index in [0.29, 0.717) is 5.56 Å². The molecule has 3 rings (SSSR count). The summed E-state index contributed by atoms with van der Waals surface area (Å²) in [7, 11) is 0. The van der Waals surface area contributed by atoms with E-state index < -0.39 is 34.2 Å². The first-order chi connectivity index (χ1) is 15.7. The lowest BCUT2D eigenvalue weighted by molar-refractivity contribution is -0.164. The molecule has 8 heteroatoms. The highest BCUT2D eigenvalue weighted by atomic mass is 19.4. The molecule has 1 saturated carbocycles. The number of anilines is 1. The van der Waals surface area contributed by atoms with Gasteiger partial charge in [0, 0.05) is 34.2 Å². The van der Waals surface area contributed by atoms with E-state index in [-0.39, 0.29) is 23.7 Å². The van der Waals surface area contributed by atoms with Crippen LogP contribution < -0.4 is 15.4 Å². The third-order valence-corrected chi connectivity index (χ3v) is 6.39. The molecule has 0 saturated heterocycles. The zero-order valence-electron chi connectivity index (χ0n) is 20.2. The highest BCUT2D eigenvalue weighted by Gasteiger charge is 2.64. The Kier molecular flexibility index (Phi) is 6.62. The van der Waals surface area contributed by atoms with Gasteiger partial charge in [-0.05, 0) is 56.3 Å². The number of rotatable bonds is 6. The van der Waals surface area contributed by atoms with Crippen LogP contribution >= 0.6 is 0 Å². The van der Waals surface area contributed by atoms with Crippen LogP contribution in [0.15, 0.2) is 42.5 Å². The number of amides is 1. The second-order valence-corrected chi connectivity index (χ2v) is 10.2. The van der Waals surface area contributed by atoms with Crippen LogP contribution in [0.4, 0.5) is 18.9 Å². The second-order valence-electron chi connectivity index (χ2n) is 10.2. The fraction of sp³-hybridized carbons (Fsp3) is 0.462. The molecule has 34 heavy (non-hydrogen) atoms. The summed E-state index contributed by atoms with van der Waals surface area (Å²) in [5.41, 5.74) is -1.14. The van der Waals surface area contributed by atoms with Gasteiger partial charge in [0.15, 0.2) is 0 Å². The number of nitriles is 1. The molecule has 0 aromatic heterocycles. The summed E-state index contributed by atoms with van der Waals surface area (Å²) in [4.78, 5) is 12.9. The Balaban J connectivity index is 1.76. The van der Waals surface area contributed by atoms with Gasteiger partial charge < -0.3 is 15.4 Å². The number of carbonyl (C=O) groups excluding carboxylic acids is 1. The van der Waals surface area contributed by atoms with Gasteiger partial charge in [0.2, 0.25) is 0 Å². The van der Waals surface area contributed by atoms with E-state index >= 15 is 0 Å². The van der Waals surface area contributed by atoms with E-state index in [1.54, 1.807) is 18.2 Å². The quantitative estimate of drug-likeness (QED) is 0.539. The zero-order chi connectivity index (χ0) is 25.5. The summed E-state index contributed by atoms with van der Waals surface area (Å²) in [5, 5.41) is 15.4. The molecule has 0 radical (unpaired) electrons. The van der Waals surface area contributed by atoms with Crippen LogP contribution in [0, 0.1) is 22.2 Å². The molecule has 0 spiro atoms. The minimum atomic E-state index is -4.66. The van der Waals surface area contributed by atoms with Gasteiger partial charge in [-0.1, -0.05) is 27.7 Å². The Morgan fingerprint density at radius 1 is 1.06 bits per heavy atom. The summed E-state index contributed by atoms with van der Waals surface area (Å²) in [5.74, 6) is -0.186. The van der Waals surface area contributed by atoms with Crippen LogP contribution in [-0.2, 0) is 6.18 Å². The fourth-order valence-corrected chi connectivity index (χ4v) is 5.13. The SMILES string of the molecule is CC(C)Nc1ccc(C(=O)NC2C(C)(C)C(Oc3ccc(C#N)c(C(F)(F)F)c3)C2(C)C)cc1. The van der Waals surface area contributed by atoms with Gasteiger partial charge in [-0.15, -0.1) is 0 Å². The summed E-state index contributed by atoms with van der Waals surface area (Å²) < 4.78 is 46.1. The predicted molar refractivity (Wildman–Crippen MR) is 125 cm³/mol. The first-order valence-electron chi connectivity index (χ1n) is 11.1. The van der Waals surface area contributed by atoms with E-state index in [9.17, 15) is 18.0 Å². The first kappa shape index (κ1) is 25.4. The third kappa shape index (κ3) is 4.84. The number of benzene rings is 2. The first-order valence-corrected chi connectivity index (χ1v) is 11.1. The van der Waals surface area contributed by atoms with E-state index in [1.165, 1.54) is 6.07 Å². The number of ether oxygens (including phenoxy) is 1. The minimum Gasteiger partial charge on any atom is -0.489 e. The highest BCUT2D eigenvalue weighted by molar-refractivity contribution is 5.95. The van der Waals surface area contributed by atoms with Gasteiger partial charge in [0.25, 0.3) is 5.91 Å². The van der Waals surface area contributed by atoms with Crippen molar-refractivity contribution in [2.24, 2.45) is 10.8 Å². The summed E-state index contributed by atoms with van der Waals surface area (Å²) in [6, 6.07) is 12.1. The maximum atomic E-state index is 13.3. The van der Waals surface area contributed by atoms with Crippen molar-refractivity contribution in [2.45, 2.75) is 65.9 Å². The van der Waals surface area contributed by atoms with Crippen LogP contribution in [0.3, 0.4) is 0 Å². The maximum absolute atomic E-state index is 13.3. The molecule has 1 aliphatic rings. The molecule has 1 amide bonds. The number of nitrogens with one attached hydrogen (secondary N) is 2. The topological polar surface area (TPSA) is 74.2 Å². The normalized spacial score (nSPS) is 20.7. The average Bonchev–Trinajstić information content (AvgIpc) is 2.74. The molecule has 2 aromatic rings. The zero-order valence-corrected chi connectivity index (χ0v) is 20.2. The maximum Gasteiger partial charge on any atom is 0.417 e. The molecular weight excluding hydrogens is 443 g/mol. The Hall–Kier alpha value is -3.21. The molecule has 0 heterocycles. The lowest BCUT2D eigenvalue weighted by Gasteiger charge is -2.63. The Labute approximate surface area is 198 Å². The van der Waals surface area contributed by atoms with Crippen molar-refractivity contribution in [3.63, 3.8) is 0 Å². The second kappa shape index (κ2) is 8.86. The number of alkyl halides is 3. The van der Waals surface area contributed by atoms with Gasteiger partial charge in [-0.2, -0.15) is 18.4 Å². The van der Waals surface area contributed by atoms with Crippen molar-refractivity contribution >= 4 is 11.6 Å². The van der Waals surface area contributed by atoms with E-state index in [0.717, 1.165) is 17.8 Å². The van der Waals surface area contributed by atoms with E-state index in [1.807, 2.05) is 53.7 Å². The van der Waals surface area contributed by atoms with Gasteiger partial charge in [-0.25, -0.2) is 0 Å². The fourth-order valence-electron chi connectivity index (χ4n) is 5.13. The summed E-state index contributed by atoms with van der Waals surface area (Å²) in [6.07, 6.45) is -5.12. The molecule has 5 nitrogen and oxygen atoms in total. The summed E-state index contributed by atoms with van der Waals surface area (Å²) >= 11 is 0. The molecule has 0 bridgehead atoms. The largest absolute Gasteiger partial charge is 0.489 e. The van der Waals surface area contributed by atoms with E-state index in [2.05, 4.69) is 10.6 Å². The lowest BCUT2D eigenvalue weighted by atomic mass is 9.49. The smallest absolute Gasteiger partial charge is 0.417 e. The van der Waals surface area contributed by atoms with Crippen molar-refractivity contribution in [2.75, 3.05) is 5.32 Å². The molecule has 1 aliphatic carbocycles. The van der Waals surface area contributed by atoms with Crippen LogP contribution in [0.25, 0.3) is 0 Å². The number of carbonyl (C=O) groups is 1. The van der Waals surface area contributed by atoms with Crippen molar-refractivity contribution < 1.29 is 22.7 Å². The molecule has 182 valence electrons. The van der Waals surface area contributed by atoms with Crippen LogP contribution in [0.2, 0.25) is 0 Å². The Morgan fingerprint density at radius 3 is 2.15 bits per heavy atom. The Bertz CT molecular complexity index is 1080. The summed E-state index contributed by atoms with van der Waals surface area (Å²) in [6.45, 7) is 11.7. The van der Waals surface area contributed by atoms with Gasteiger partial charge in [-0.3, -0.25) is 4.79 Å². The van der Waals surface area contributed by atoms with Crippen LogP contribution in [-0.4, -0.2) is 24.1 Å². The third-order valence-electron chi connectivity index (χ3n) is 6.39. The molecule has 0 unspecified atom stereocenters. The monoisotopic (exact) mass is 473 g/mol. The highest BCUT2D eigenvalue weighted by Crippen LogP contribution is 2.55. The molecule has 0 aliphatic heterocycles. The van der Waals surface area contributed by atoms with Crippen LogP contribution in [0.5, 0.6) is 5.75 Å². The van der Waals surface area contributed by atoms with Crippen LogP contribution in [0.1, 0.15) is 63.0 Å². The number of hydrogen-bond donors (Lipinski definition) is 2. The van der Waals surface area contributed by atoms with Crippen molar-refractivity contribution in [1.82, 2.24) is 5.32 Å². The number of halogens is 3. The van der Waals surface area contributed by atoms with Crippen molar-refractivity contribution in [1.29, 1.82) is 5.26 Å². The van der Waals surface area contributed by atoms with E-state index in [4.69, 9.17) is 10.00 Å². The van der Waals surface area contributed by atoms with Crippen molar-refractivity contribution in [3.8, 4) is 11.8 Å². The standard InChI is InChI=1S/C26H30F3N3O2/c1-15(2)31-18-10-7-16(8-11-18)21(33)32-22-24(3,4)23(25(22,5)6)34-19-12-9-17(14-30)20(13-19)26(27,28)29/h7-13,15,22-23,31H,1-6H3,(H,32,33). The number of hydrogen-bond acceptors (Lipinski definition) is 4. The van der Waals surface area contributed by atoms with Gasteiger partial charge in [0.1, 0.15) is 11.9 Å². The lowest BCUT2D eigenvalue weighted by Crippen LogP contribution is -2.74. The Morgan fingerprint density at radius 2 is 1.65 bits per heavy atom. The molecule has 0 atom stereocenters. The number of nitrogens with zero attached hydrogens (tertiary/aromatic N) is 1. The molecule has 2 aromatic carbocycles. The average molecular weight is 474 g/mol. The van der Waals surface area contributed by atoms with Crippen molar-refractivity contribution in [3.05, 3.63) is 59.2 Å². The molecule has 2 N–H and O–H groups in total. The molecular formula is C26H30F3N3O2. The minimum absolute atomic E-state index is 0.0375. The van der Waals surface area contributed by atoms with Gasteiger partial charge >= 0.3 is 6.18 Å². The van der Waals surface area contributed by atoms with Gasteiger partial charge in [0.05, 0.1) is 17.2 Å². The predicted octanol–water partition coefficient (Wildman–Crippen LogP) is 6.01. The molecule has 1 fully saturated rings.